The summed E-state index contributed by atoms with van der Waals surface area (Å²) in [5.41, 5.74) is 2.14. The molecule has 1 heteroatoms. The molecular formula is C34H32Zr-4. The first-order valence-corrected chi connectivity index (χ1v) is 13.0. The summed E-state index contributed by atoms with van der Waals surface area (Å²) in [5, 5.41) is 5.32. The van der Waals surface area contributed by atoms with Crippen molar-refractivity contribution >= 4 is 25.3 Å². The average Bonchev–Trinajstić information content (AvgIpc) is 3.56. The van der Waals surface area contributed by atoms with Crippen LogP contribution in [0.3, 0.4) is 0 Å². The maximum atomic E-state index is 3.72. The van der Waals surface area contributed by atoms with Crippen LogP contribution in [-0.2, 0) is 24.2 Å². The van der Waals surface area contributed by atoms with Gasteiger partial charge < -0.3 is 0 Å². The Kier molecular flexibility index (Phi) is 13.6. The van der Waals surface area contributed by atoms with Crippen LogP contribution in [-0.4, -0.2) is 3.71 Å². The number of rotatable bonds is 0. The predicted octanol–water partition coefficient (Wildman–Crippen LogP) is 9.21. The fourth-order valence-corrected chi connectivity index (χ4v) is 3.10. The van der Waals surface area contributed by atoms with Crippen LogP contribution in [0.1, 0.15) is 18.1 Å². The standard InChI is InChI=1S/2C9H7.2C7H7.C2H4.Zr/c2*1-2-5-9-7-3-6-8(9)4-1;2*1-7-5-3-2-4-6-7;1-2;/h2*1-7H;2*2-6H,1H2;1H,2H3;/q4*-1;;. The maximum absolute atomic E-state index is 3.72. The Morgan fingerprint density at radius 3 is 1.11 bits per heavy atom. The zero-order valence-corrected chi connectivity index (χ0v) is 22.8. The van der Waals surface area contributed by atoms with Crippen LogP contribution in [0, 0.1) is 13.8 Å². The zero-order chi connectivity index (χ0) is 25.1. The minimum Gasteiger partial charge on any atom is -0.199 e. The molecule has 0 heterocycles. The third-order valence-electron chi connectivity index (χ3n) is 4.78. The molecule has 35 heavy (non-hydrogen) atoms. The minimum absolute atomic E-state index is 1.07. The monoisotopic (exact) mass is 530 g/mol. The van der Waals surface area contributed by atoms with Crippen LogP contribution in [0.25, 0.3) is 21.5 Å². The number of hydrogen-bond donors (Lipinski definition) is 0. The molecule has 0 saturated carbocycles. The van der Waals surface area contributed by atoms with Gasteiger partial charge in [0, 0.05) is 0 Å². The van der Waals surface area contributed by atoms with Crippen LogP contribution in [0.2, 0.25) is 0 Å². The molecular weight excluding hydrogens is 500 g/mol. The molecule has 0 saturated heterocycles. The van der Waals surface area contributed by atoms with E-state index < -0.39 is 0 Å². The van der Waals surface area contributed by atoms with E-state index in [0.717, 1.165) is 11.1 Å². The normalized spacial score (nSPS) is 9.03. The van der Waals surface area contributed by atoms with Gasteiger partial charge in [0.15, 0.2) is 0 Å². The summed E-state index contributed by atoms with van der Waals surface area (Å²) >= 11 is 1.51. The van der Waals surface area contributed by atoms with E-state index >= 15 is 0 Å². The van der Waals surface area contributed by atoms with Crippen molar-refractivity contribution < 1.29 is 24.2 Å². The summed E-state index contributed by atoms with van der Waals surface area (Å²) in [6, 6.07) is 49.1. The van der Waals surface area contributed by atoms with Gasteiger partial charge in [0.05, 0.1) is 0 Å². The fourth-order valence-electron chi connectivity index (χ4n) is 3.10. The van der Waals surface area contributed by atoms with Gasteiger partial charge in [-0.25, -0.2) is 0 Å². The van der Waals surface area contributed by atoms with E-state index in [0.29, 0.717) is 0 Å². The van der Waals surface area contributed by atoms with Crippen LogP contribution in [0.15, 0.2) is 146 Å². The molecule has 0 unspecified atom stereocenters. The summed E-state index contributed by atoms with van der Waals surface area (Å²) in [4.78, 5) is 0. The van der Waals surface area contributed by atoms with Crippen LogP contribution < -0.4 is 0 Å². The van der Waals surface area contributed by atoms with Gasteiger partial charge >= 0.3 is 34.9 Å². The molecule has 0 amide bonds. The first-order chi connectivity index (χ1) is 17.1. The summed E-state index contributed by atoms with van der Waals surface area (Å²) in [6.07, 6.45) is 0. The Hall–Kier alpha value is -3.41. The fraction of sp³-hybridized carbons (Fsp3) is 0.0294. The van der Waals surface area contributed by atoms with E-state index in [9.17, 15) is 0 Å². The molecule has 0 aliphatic heterocycles. The van der Waals surface area contributed by atoms with Crippen molar-refractivity contribution in [3.63, 3.8) is 0 Å². The Morgan fingerprint density at radius 2 is 0.829 bits per heavy atom. The van der Waals surface area contributed by atoms with Gasteiger partial charge in [-0.2, -0.15) is 84.3 Å². The quantitative estimate of drug-likeness (QED) is 0.171. The second kappa shape index (κ2) is 17.1. The summed E-state index contributed by atoms with van der Waals surface area (Å²) in [5.74, 6) is 0. The molecule has 0 spiro atoms. The second-order valence-electron chi connectivity index (χ2n) is 7.57. The minimum atomic E-state index is 1.07. The van der Waals surface area contributed by atoms with Crippen LogP contribution >= 0.6 is 0 Å². The van der Waals surface area contributed by atoms with Crippen molar-refractivity contribution in [2.75, 3.05) is 0 Å². The van der Waals surface area contributed by atoms with Gasteiger partial charge in [-0.3, -0.25) is 0 Å². The van der Waals surface area contributed by atoms with Crippen LogP contribution in [0.4, 0.5) is 0 Å². The largest absolute Gasteiger partial charge is 0.199 e. The van der Waals surface area contributed by atoms with Gasteiger partial charge in [-0.15, -0.1) is 83.6 Å². The first-order valence-electron chi connectivity index (χ1n) is 11.5. The predicted molar refractivity (Wildman–Crippen MR) is 153 cm³/mol. The van der Waals surface area contributed by atoms with E-state index in [4.69, 9.17) is 0 Å². The van der Waals surface area contributed by atoms with Gasteiger partial charge in [0.25, 0.3) is 0 Å². The molecule has 0 fully saturated rings. The van der Waals surface area contributed by atoms with E-state index in [1.54, 1.807) is 0 Å². The number of hydrogen-bond acceptors (Lipinski definition) is 0. The summed E-state index contributed by atoms with van der Waals surface area (Å²) < 4.78 is 2.09. The molecule has 0 aromatic heterocycles. The second-order valence-corrected chi connectivity index (χ2v) is 8.99. The molecule has 176 valence electrons. The van der Waals surface area contributed by atoms with E-state index in [1.165, 1.54) is 45.8 Å². The summed E-state index contributed by atoms with van der Waals surface area (Å²) in [6.45, 7) is 9.48. The molecule has 0 aliphatic rings. The Balaban J connectivity index is 0.000000160. The molecule has 0 radical (unpaired) electrons. The Bertz CT molecular complexity index is 1160. The van der Waals surface area contributed by atoms with Crippen molar-refractivity contribution in [2.24, 2.45) is 0 Å². The maximum Gasteiger partial charge on any atom is -0.0809 e. The molecule has 0 atom stereocenters. The SMILES string of the molecule is C[CH]=[Zr].[CH2-]c1ccccc1.[CH2-]c1ccccc1.c1ccc2[cH-]ccc2c1.c1ccc2[cH-]ccc2c1. The smallest absolute Gasteiger partial charge is 0.0809 e. The molecule has 6 aromatic rings. The number of fused-ring (bicyclic) bond motifs is 2. The molecule has 0 N–H and O–H groups in total. The molecule has 0 bridgehead atoms. The van der Waals surface area contributed by atoms with E-state index in [1.807, 2.05) is 67.6 Å². The van der Waals surface area contributed by atoms with Gasteiger partial charge in [0.2, 0.25) is 0 Å². The number of benzene rings is 4. The molecule has 0 aliphatic carbocycles. The average molecular weight is 532 g/mol. The van der Waals surface area contributed by atoms with Gasteiger partial charge in [-0.1, -0.05) is 24.3 Å². The van der Waals surface area contributed by atoms with Crippen molar-refractivity contribution in [2.45, 2.75) is 6.92 Å². The van der Waals surface area contributed by atoms with Gasteiger partial charge in [0.1, 0.15) is 0 Å². The topological polar surface area (TPSA) is 0 Å². The summed E-state index contributed by atoms with van der Waals surface area (Å²) in [7, 11) is 0. The van der Waals surface area contributed by atoms with Crippen molar-refractivity contribution in [3.8, 4) is 0 Å². The van der Waals surface area contributed by atoms with Gasteiger partial charge in [-0.05, 0) is 0 Å². The van der Waals surface area contributed by atoms with Crippen molar-refractivity contribution in [1.82, 2.24) is 0 Å². The molecule has 0 nitrogen and oxygen atoms in total. The van der Waals surface area contributed by atoms with Crippen LogP contribution in [0.5, 0.6) is 0 Å². The molecule has 6 rings (SSSR count). The van der Waals surface area contributed by atoms with Crippen molar-refractivity contribution in [1.29, 1.82) is 0 Å². The zero-order valence-electron chi connectivity index (χ0n) is 20.3. The van der Waals surface area contributed by atoms with Crippen molar-refractivity contribution in [3.05, 3.63) is 171 Å². The third kappa shape index (κ3) is 11.5. The third-order valence-corrected chi connectivity index (χ3v) is 4.78. The Morgan fingerprint density at radius 1 is 0.514 bits per heavy atom. The van der Waals surface area contributed by atoms with E-state index in [-0.39, 0.29) is 0 Å². The molecule has 6 aromatic carbocycles. The first kappa shape index (κ1) is 27.8. The Labute approximate surface area is 225 Å². The van der Waals surface area contributed by atoms with E-state index in [2.05, 4.69) is 102 Å².